The maximum atomic E-state index is 12.3. The molecule has 1 amide bonds. The van der Waals surface area contributed by atoms with E-state index < -0.39 is 0 Å². The number of benzene rings is 1. The van der Waals surface area contributed by atoms with Gasteiger partial charge in [0.1, 0.15) is 5.65 Å². The van der Waals surface area contributed by atoms with Gasteiger partial charge < -0.3 is 9.88 Å². The molecule has 2 heterocycles. The van der Waals surface area contributed by atoms with Crippen molar-refractivity contribution in [3.63, 3.8) is 0 Å². The van der Waals surface area contributed by atoms with Crippen LogP contribution in [0.25, 0.3) is 11.0 Å². The van der Waals surface area contributed by atoms with Crippen molar-refractivity contribution < 1.29 is 4.79 Å². The minimum atomic E-state index is -0.143. The van der Waals surface area contributed by atoms with Crippen LogP contribution >= 0.6 is 0 Å². The fraction of sp³-hybridized carbons (Fsp3) is 0.222. The van der Waals surface area contributed by atoms with Gasteiger partial charge in [-0.15, -0.1) is 0 Å². The summed E-state index contributed by atoms with van der Waals surface area (Å²) in [5, 5.41) is 3.87. The number of pyridine rings is 1. The van der Waals surface area contributed by atoms with Crippen molar-refractivity contribution >= 4 is 22.6 Å². The van der Waals surface area contributed by atoms with Gasteiger partial charge in [0.15, 0.2) is 0 Å². The van der Waals surface area contributed by atoms with E-state index in [2.05, 4.69) is 24.1 Å². The van der Waals surface area contributed by atoms with Gasteiger partial charge >= 0.3 is 0 Å². The second-order valence-corrected chi connectivity index (χ2v) is 5.79. The summed E-state index contributed by atoms with van der Waals surface area (Å²) in [5.74, 6) is 0.338. The van der Waals surface area contributed by atoms with Crippen LogP contribution < -0.4 is 5.32 Å². The zero-order valence-corrected chi connectivity index (χ0v) is 13.0. The first kappa shape index (κ1) is 14.3. The van der Waals surface area contributed by atoms with Gasteiger partial charge in [-0.25, -0.2) is 4.98 Å². The van der Waals surface area contributed by atoms with Crippen molar-refractivity contribution in [3.8, 4) is 0 Å². The molecule has 0 aliphatic heterocycles. The standard InChI is InChI=1S/C18H19N3O/c1-12(2)13-4-6-16(7-5-13)20-18(22)15-10-14-8-9-21(3)17(14)19-11-15/h4-12H,1-3H3,(H,20,22). The van der Waals surface area contributed by atoms with Crippen LogP contribution in [-0.2, 0) is 7.05 Å². The number of anilines is 1. The van der Waals surface area contributed by atoms with Crippen LogP contribution in [0.3, 0.4) is 0 Å². The zero-order chi connectivity index (χ0) is 15.7. The van der Waals surface area contributed by atoms with Gasteiger partial charge in [0, 0.05) is 30.5 Å². The second kappa shape index (κ2) is 5.64. The van der Waals surface area contributed by atoms with Gasteiger partial charge in [0.25, 0.3) is 5.91 Å². The van der Waals surface area contributed by atoms with Gasteiger partial charge in [-0.3, -0.25) is 4.79 Å². The molecule has 0 aliphatic carbocycles. The molecule has 3 rings (SSSR count). The summed E-state index contributed by atoms with van der Waals surface area (Å²) in [6.07, 6.45) is 3.55. The Labute approximate surface area is 129 Å². The van der Waals surface area contributed by atoms with Gasteiger partial charge in [-0.1, -0.05) is 26.0 Å². The summed E-state index contributed by atoms with van der Waals surface area (Å²) in [4.78, 5) is 16.7. The normalized spacial score (nSPS) is 11.1. The van der Waals surface area contributed by atoms with Gasteiger partial charge in [0.05, 0.1) is 5.56 Å². The lowest BCUT2D eigenvalue weighted by atomic mass is 10.0. The Balaban J connectivity index is 1.80. The number of hydrogen-bond donors (Lipinski definition) is 1. The number of amides is 1. The molecule has 4 heteroatoms. The van der Waals surface area contributed by atoms with E-state index >= 15 is 0 Å². The SMILES string of the molecule is CC(C)c1ccc(NC(=O)c2cnc3c(ccn3C)c2)cc1. The number of fused-ring (bicyclic) bond motifs is 1. The van der Waals surface area contributed by atoms with Crippen molar-refractivity contribution in [2.45, 2.75) is 19.8 Å². The molecule has 0 fully saturated rings. The molecule has 0 unspecified atom stereocenters. The molecule has 2 aromatic heterocycles. The lowest BCUT2D eigenvalue weighted by Crippen LogP contribution is -2.12. The predicted octanol–water partition coefficient (Wildman–Crippen LogP) is 3.95. The molecule has 22 heavy (non-hydrogen) atoms. The fourth-order valence-electron chi connectivity index (χ4n) is 2.43. The molecule has 1 N–H and O–H groups in total. The fourth-order valence-corrected chi connectivity index (χ4v) is 2.43. The highest BCUT2D eigenvalue weighted by molar-refractivity contribution is 6.05. The minimum absolute atomic E-state index is 0.143. The van der Waals surface area contributed by atoms with Crippen LogP contribution in [0, 0.1) is 0 Å². The topological polar surface area (TPSA) is 46.9 Å². The largest absolute Gasteiger partial charge is 0.336 e. The van der Waals surface area contributed by atoms with E-state index in [1.807, 2.05) is 54.2 Å². The van der Waals surface area contributed by atoms with Crippen molar-refractivity contribution in [1.82, 2.24) is 9.55 Å². The third-order valence-electron chi connectivity index (χ3n) is 3.80. The molecule has 0 aliphatic rings. The Morgan fingerprint density at radius 2 is 1.91 bits per heavy atom. The highest BCUT2D eigenvalue weighted by atomic mass is 16.1. The molecule has 0 radical (unpaired) electrons. The lowest BCUT2D eigenvalue weighted by molar-refractivity contribution is 0.102. The molecule has 3 aromatic rings. The monoisotopic (exact) mass is 293 g/mol. The molecule has 1 aromatic carbocycles. The van der Waals surface area contributed by atoms with E-state index in [1.54, 1.807) is 6.20 Å². The molecule has 0 saturated carbocycles. The average Bonchev–Trinajstić information content (AvgIpc) is 2.88. The van der Waals surface area contributed by atoms with Crippen molar-refractivity contribution in [2.75, 3.05) is 5.32 Å². The van der Waals surface area contributed by atoms with Crippen LogP contribution in [0.2, 0.25) is 0 Å². The van der Waals surface area contributed by atoms with Crippen LogP contribution in [0.1, 0.15) is 35.7 Å². The summed E-state index contributed by atoms with van der Waals surface area (Å²) in [6.45, 7) is 4.29. The number of carbonyl (C=O) groups is 1. The first-order valence-corrected chi connectivity index (χ1v) is 7.37. The number of aromatic nitrogens is 2. The first-order chi connectivity index (χ1) is 10.5. The van der Waals surface area contributed by atoms with Crippen LogP contribution in [0.5, 0.6) is 0 Å². The third kappa shape index (κ3) is 2.72. The predicted molar refractivity (Wildman–Crippen MR) is 89.2 cm³/mol. The first-order valence-electron chi connectivity index (χ1n) is 7.37. The average molecular weight is 293 g/mol. The summed E-state index contributed by atoms with van der Waals surface area (Å²) in [6, 6.07) is 11.8. The number of hydrogen-bond acceptors (Lipinski definition) is 2. The quantitative estimate of drug-likeness (QED) is 0.795. The van der Waals surface area contributed by atoms with E-state index in [9.17, 15) is 4.79 Å². The number of carbonyl (C=O) groups excluding carboxylic acids is 1. The van der Waals surface area contributed by atoms with Crippen LogP contribution in [-0.4, -0.2) is 15.5 Å². The molecule has 0 saturated heterocycles. The maximum absolute atomic E-state index is 12.3. The summed E-state index contributed by atoms with van der Waals surface area (Å²) >= 11 is 0. The Morgan fingerprint density at radius 3 is 2.59 bits per heavy atom. The molecule has 0 bridgehead atoms. The summed E-state index contributed by atoms with van der Waals surface area (Å²) in [5.41, 5.74) is 3.48. The number of nitrogens with one attached hydrogen (secondary N) is 1. The third-order valence-corrected chi connectivity index (χ3v) is 3.80. The van der Waals surface area contributed by atoms with E-state index in [0.29, 0.717) is 11.5 Å². The van der Waals surface area contributed by atoms with Gasteiger partial charge in [0.2, 0.25) is 0 Å². The molecular weight excluding hydrogens is 274 g/mol. The Morgan fingerprint density at radius 1 is 1.18 bits per heavy atom. The highest BCUT2D eigenvalue weighted by Crippen LogP contribution is 2.18. The Bertz CT molecular complexity index is 816. The van der Waals surface area contributed by atoms with E-state index in [4.69, 9.17) is 0 Å². The van der Waals surface area contributed by atoms with Crippen molar-refractivity contribution in [2.24, 2.45) is 7.05 Å². The van der Waals surface area contributed by atoms with Gasteiger partial charge in [-0.05, 0) is 35.7 Å². The minimum Gasteiger partial charge on any atom is -0.336 e. The molecule has 0 atom stereocenters. The summed E-state index contributed by atoms with van der Waals surface area (Å²) in [7, 11) is 1.94. The maximum Gasteiger partial charge on any atom is 0.257 e. The molecule has 4 nitrogen and oxygen atoms in total. The van der Waals surface area contributed by atoms with Crippen molar-refractivity contribution in [3.05, 3.63) is 59.9 Å². The van der Waals surface area contributed by atoms with E-state index in [1.165, 1.54) is 5.56 Å². The number of aryl methyl sites for hydroxylation is 1. The zero-order valence-electron chi connectivity index (χ0n) is 13.0. The number of rotatable bonds is 3. The van der Waals surface area contributed by atoms with Crippen LogP contribution in [0.15, 0.2) is 48.8 Å². The molecule has 112 valence electrons. The van der Waals surface area contributed by atoms with Crippen molar-refractivity contribution in [1.29, 1.82) is 0 Å². The van der Waals surface area contributed by atoms with Crippen LogP contribution in [0.4, 0.5) is 5.69 Å². The molecular formula is C18H19N3O. The molecule has 0 spiro atoms. The highest BCUT2D eigenvalue weighted by Gasteiger charge is 2.09. The van der Waals surface area contributed by atoms with Gasteiger partial charge in [-0.2, -0.15) is 0 Å². The Hall–Kier alpha value is -2.62. The summed E-state index contributed by atoms with van der Waals surface area (Å²) < 4.78 is 1.93. The van der Waals surface area contributed by atoms with E-state index in [0.717, 1.165) is 16.7 Å². The number of nitrogens with zero attached hydrogens (tertiary/aromatic N) is 2. The second-order valence-electron chi connectivity index (χ2n) is 5.79. The lowest BCUT2D eigenvalue weighted by Gasteiger charge is -2.08. The van der Waals surface area contributed by atoms with E-state index in [-0.39, 0.29) is 5.91 Å². The smallest absolute Gasteiger partial charge is 0.257 e. The Kier molecular flexibility index (Phi) is 3.67.